The predicted molar refractivity (Wildman–Crippen MR) is 123 cm³/mol. The zero-order chi connectivity index (χ0) is 24.8. The Morgan fingerprint density at radius 3 is 2.75 bits per heavy atom. The first kappa shape index (κ1) is 22.5. The van der Waals surface area contributed by atoms with E-state index in [2.05, 4.69) is 30.5 Å². The van der Waals surface area contributed by atoms with Gasteiger partial charge in [0.2, 0.25) is 0 Å². The monoisotopic (exact) mass is 494 g/mol. The molecule has 2 fully saturated rings. The van der Waals surface area contributed by atoms with Crippen LogP contribution in [-0.2, 0) is 14.3 Å². The number of rotatable bonds is 6. The Morgan fingerprint density at radius 1 is 1.19 bits per heavy atom. The van der Waals surface area contributed by atoms with E-state index >= 15 is 0 Å². The fourth-order valence-corrected chi connectivity index (χ4v) is 4.46. The van der Waals surface area contributed by atoms with Crippen LogP contribution in [0.15, 0.2) is 37.1 Å². The van der Waals surface area contributed by atoms with Gasteiger partial charge in [0.25, 0.3) is 0 Å². The lowest BCUT2D eigenvalue weighted by Gasteiger charge is -2.17. The van der Waals surface area contributed by atoms with Gasteiger partial charge >= 0.3 is 5.97 Å². The summed E-state index contributed by atoms with van der Waals surface area (Å²) in [5.74, 6) is -0.660. The summed E-state index contributed by atoms with van der Waals surface area (Å²) < 4.78 is 12.4. The summed E-state index contributed by atoms with van der Waals surface area (Å²) in [5.41, 5.74) is 2.81. The van der Waals surface area contributed by atoms with Crippen molar-refractivity contribution < 1.29 is 29.6 Å². The van der Waals surface area contributed by atoms with Gasteiger partial charge in [0.15, 0.2) is 35.1 Å². The Balaban J connectivity index is 1.48. The van der Waals surface area contributed by atoms with E-state index in [0.29, 0.717) is 30.2 Å². The van der Waals surface area contributed by atoms with E-state index in [1.54, 1.807) is 18.6 Å². The van der Waals surface area contributed by atoms with Crippen LogP contribution in [0.3, 0.4) is 0 Å². The van der Waals surface area contributed by atoms with Crippen molar-refractivity contribution >= 4 is 23.0 Å². The first-order valence-corrected chi connectivity index (χ1v) is 11.3. The number of carbonyl (C=O) groups is 1. The second-order valence-corrected chi connectivity index (χ2v) is 8.59. The van der Waals surface area contributed by atoms with Gasteiger partial charge in [-0.25, -0.2) is 19.7 Å². The second-order valence-electron chi connectivity index (χ2n) is 8.59. The minimum absolute atomic E-state index is 0.00840. The van der Waals surface area contributed by atoms with E-state index in [9.17, 15) is 20.1 Å². The van der Waals surface area contributed by atoms with Gasteiger partial charge in [-0.2, -0.15) is 5.10 Å². The molecule has 0 amide bonds. The number of pyridine rings is 1. The minimum atomic E-state index is -1.62. The molecule has 2 aliphatic rings. The van der Waals surface area contributed by atoms with Crippen molar-refractivity contribution in [1.82, 2.24) is 34.7 Å². The molecule has 0 radical (unpaired) electrons. The van der Waals surface area contributed by atoms with Crippen molar-refractivity contribution in [2.75, 3.05) is 18.5 Å². The summed E-state index contributed by atoms with van der Waals surface area (Å²) in [6.45, 7) is 1.13. The number of carboxylic acid groups (broad SMARTS) is 1. The Labute approximate surface area is 203 Å². The van der Waals surface area contributed by atoms with Crippen LogP contribution < -0.4 is 5.32 Å². The lowest BCUT2D eigenvalue weighted by molar-refractivity contribution is -0.155. The molecule has 0 saturated carbocycles. The van der Waals surface area contributed by atoms with Crippen LogP contribution >= 0.6 is 0 Å². The largest absolute Gasteiger partial charge is 0.479 e. The van der Waals surface area contributed by atoms with Crippen molar-refractivity contribution in [2.45, 2.75) is 37.0 Å². The summed E-state index contributed by atoms with van der Waals surface area (Å²) in [6, 6.07) is 3.68. The van der Waals surface area contributed by atoms with Crippen molar-refractivity contribution in [1.29, 1.82) is 0 Å². The number of aromatic amines is 1. The molecule has 4 aromatic rings. The zero-order valence-corrected chi connectivity index (χ0v) is 18.7. The Kier molecular flexibility index (Phi) is 5.56. The quantitative estimate of drug-likeness (QED) is 0.244. The molecule has 5 atom stereocenters. The maximum Gasteiger partial charge on any atom is 0.335 e. The first-order valence-electron chi connectivity index (χ1n) is 11.3. The number of H-pyrrole nitrogens is 1. The van der Waals surface area contributed by atoms with Crippen LogP contribution in [0.2, 0.25) is 0 Å². The zero-order valence-electron chi connectivity index (χ0n) is 18.7. The van der Waals surface area contributed by atoms with Crippen molar-refractivity contribution in [3.05, 3.63) is 37.1 Å². The summed E-state index contributed by atoms with van der Waals surface area (Å²) in [7, 11) is 0. The smallest absolute Gasteiger partial charge is 0.335 e. The van der Waals surface area contributed by atoms with Gasteiger partial charge in [-0.15, -0.1) is 0 Å². The molecule has 186 valence electrons. The Morgan fingerprint density at radius 2 is 2.03 bits per heavy atom. The number of imidazole rings is 1. The van der Waals surface area contributed by atoms with Gasteiger partial charge in [-0.3, -0.25) is 14.6 Å². The third-order valence-corrected chi connectivity index (χ3v) is 6.30. The SMILES string of the molecule is O=C(O)[C@H]1O[C@@H](n2cnc3c(N[C@@H]4CCOC4)nc(-c4[nH]ncc4-c4ccncc4)nc32)[C@@H](O)[C@H]1O. The topological polar surface area (TPSA) is 193 Å². The molecule has 5 N–H and O–H groups in total. The molecule has 6 heterocycles. The molecule has 14 heteroatoms. The van der Waals surface area contributed by atoms with E-state index in [0.717, 1.165) is 17.5 Å². The first-order chi connectivity index (χ1) is 17.5. The number of nitrogens with zero attached hydrogens (tertiary/aromatic N) is 6. The van der Waals surface area contributed by atoms with Gasteiger partial charge < -0.3 is 30.1 Å². The number of aliphatic hydroxyl groups excluding tert-OH is 2. The van der Waals surface area contributed by atoms with E-state index in [-0.39, 0.29) is 17.5 Å². The molecule has 0 spiro atoms. The van der Waals surface area contributed by atoms with E-state index < -0.39 is 30.5 Å². The highest BCUT2D eigenvalue weighted by Gasteiger charge is 2.48. The number of aliphatic carboxylic acids is 1. The van der Waals surface area contributed by atoms with Crippen LogP contribution in [0.25, 0.3) is 33.8 Å². The maximum atomic E-state index is 11.5. The predicted octanol–water partition coefficient (Wildman–Crippen LogP) is 0.183. The van der Waals surface area contributed by atoms with Gasteiger partial charge in [0.05, 0.1) is 25.2 Å². The number of aromatic nitrogens is 7. The average molecular weight is 494 g/mol. The number of carboxylic acids is 1. The van der Waals surface area contributed by atoms with Crippen molar-refractivity contribution in [3.63, 3.8) is 0 Å². The highest BCUT2D eigenvalue weighted by Crippen LogP contribution is 2.35. The maximum absolute atomic E-state index is 11.5. The molecule has 2 saturated heterocycles. The van der Waals surface area contributed by atoms with Gasteiger partial charge in [0.1, 0.15) is 17.9 Å². The fraction of sp³-hybridized carbons (Fsp3) is 0.364. The molecule has 2 aliphatic heterocycles. The molecule has 0 unspecified atom stereocenters. The Bertz CT molecular complexity index is 1400. The number of hydrogen-bond donors (Lipinski definition) is 5. The third-order valence-electron chi connectivity index (χ3n) is 6.30. The summed E-state index contributed by atoms with van der Waals surface area (Å²) in [6.07, 6.45) is 1.20. The lowest BCUT2D eigenvalue weighted by Crippen LogP contribution is -2.35. The van der Waals surface area contributed by atoms with E-state index in [1.165, 1.54) is 10.9 Å². The molecule has 0 bridgehead atoms. The Hall–Kier alpha value is -3.98. The van der Waals surface area contributed by atoms with Crippen LogP contribution in [0, 0.1) is 0 Å². The van der Waals surface area contributed by atoms with E-state index in [1.807, 2.05) is 12.1 Å². The fourth-order valence-electron chi connectivity index (χ4n) is 4.46. The molecule has 0 aliphatic carbocycles. The van der Waals surface area contributed by atoms with Crippen LogP contribution in [0.4, 0.5) is 5.82 Å². The van der Waals surface area contributed by atoms with Gasteiger partial charge in [-0.1, -0.05) is 0 Å². The molecule has 6 rings (SSSR count). The lowest BCUT2D eigenvalue weighted by atomic mass is 10.1. The molecule has 36 heavy (non-hydrogen) atoms. The number of nitrogens with one attached hydrogen (secondary N) is 2. The van der Waals surface area contributed by atoms with Crippen molar-refractivity contribution in [2.24, 2.45) is 0 Å². The molecule has 4 aromatic heterocycles. The summed E-state index contributed by atoms with van der Waals surface area (Å²) in [4.78, 5) is 29.4. The van der Waals surface area contributed by atoms with E-state index in [4.69, 9.17) is 14.5 Å². The highest BCUT2D eigenvalue weighted by molar-refractivity contribution is 5.87. The molecule has 0 aromatic carbocycles. The third kappa shape index (κ3) is 3.76. The van der Waals surface area contributed by atoms with Crippen LogP contribution in [0.1, 0.15) is 12.6 Å². The number of ether oxygens (including phenoxy) is 2. The second kappa shape index (κ2) is 8.91. The number of aliphatic hydroxyl groups is 2. The molecular weight excluding hydrogens is 472 g/mol. The average Bonchev–Trinajstić information content (AvgIpc) is 3.68. The number of hydrogen-bond acceptors (Lipinski definition) is 11. The summed E-state index contributed by atoms with van der Waals surface area (Å²) in [5, 5.41) is 40.6. The molecule has 14 nitrogen and oxygen atoms in total. The van der Waals surface area contributed by atoms with Gasteiger partial charge in [0, 0.05) is 24.6 Å². The number of fused-ring (bicyclic) bond motifs is 1. The summed E-state index contributed by atoms with van der Waals surface area (Å²) >= 11 is 0. The minimum Gasteiger partial charge on any atom is -0.479 e. The standard InChI is InChI=1S/C22H22N8O6/c31-15-16(32)21(36-17(15)22(33)34)30-9-24-14-19(26-11-3-6-35-8-11)27-18(28-20(14)30)13-12(7-25-29-13)10-1-4-23-5-2-10/h1-2,4-5,7,9,11,15-17,21,31-32H,3,6,8H2,(H,25,29)(H,33,34)(H,26,27,28)/t11-,15-,16+,17+,21-/m1/s1. The van der Waals surface area contributed by atoms with Gasteiger partial charge in [-0.05, 0) is 24.1 Å². The highest BCUT2D eigenvalue weighted by atomic mass is 16.6. The number of anilines is 1. The normalized spacial score (nSPS) is 26.0. The van der Waals surface area contributed by atoms with Crippen molar-refractivity contribution in [3.8, 4) is 22.6 Å². The van der Waals surface area contributed by atoms with Crippen LogP contribution in [0.5, 0.6) is 0 Å². The van der Waals surface area contributed by atoms with Crippen LogP contribution in [-0.4, -0.2) is 93.6 Å². The molecular formula is C22H22N8O6.